The third-order valence-corrected chi connectivity index (χ3v) is 5.32. The van der Waals surface area contributed by atoms with Gasteiger partial charge in [-0.3, -0.25) is 4.79 Å². The van der Waals surface area contributed by atoms with Gasteiger partial charge in [0.15, 0.2) is 0 Å². The molecule has 0 unspecified atom stereocenters. The highest BCUT2D eigenvalue weighted by molar-refractivity contribution is 6.32. The van der Waals surface area contributed by atoms with Gasteiger partial charge in [-0.2, -0.15) is 4.98 Å². The van der Waals surface area contributed by atoms with Crippen molar-refractivity contribution in [2.75, 3.05) is 28.6 Å². The normalized spacial score (nSPS) is 13.5. The van der Waals surface area contributed by atoms with Gasteiger partial charge < -0.3 is 15.5 Å². The molecule has 0 saturated carbocycles. The van der Waals surface area contributed by atoms with Crippen molar-refractivity contribution < 1.29 is 4.79 Å². The molecule has 31 heavy (non-hydrogen) atoms. The lowest BCUT2D eigenvalue weighted by Gasteiger charge is -2.17. The number of hydrogen-bond donors (Lipinski definition) is 2. The molecule has 158 valence electrons. The maximum Gasteiger partial charge on any atom is 0.248 e. The average molecular weight is 434 g/mol. The van der Waals surface area contributed by atoms with E-state index in [4.69, 9.17) is 11.6 Å². The van der Waals surface area contributed by atoms with Crippen molar-refractivity contribution in [1.29, 1.82) is 0 Å². The van der Waals surface area contributed by atoms with E-state index in [-0.39, 0.29) is 5.91 Å². The highest BCUT2D eigenvalue weighted by Gasteiger charge is 2.16. The molecular weight excluding hydrogens is 410 g/mol. The van der Waals surface area contributed by atoms with Crippen molar-refractivity contribution in [1.82, 2.24) is 9.97 Å². The molecule has 0 atom stereocenters. The number of amides is 1. The standard InChI is InChI=1S/C24H24ClN5O/c1-17-16-22(29-24(26-17)30-14-4-5-15-30)27-19-9-11-20(12-10-19)28-23(31)13-8-18-6-2-3-7-21(18)25/h2-3,6-13,16H,4-5,14-15H2,1H3,(H,28,31)(H,26,27,29)/b13-8+. The highest BCUT2D eigenvalue weighted by Crippen LogP contribution is 2.22. The molecule has 4 rings (SSSR count). The Bertz CT molecular complexity index is 1090. The Kier molecular flexibility index (Phi) is 6.48. The van der Waals surface area contributed by atoms with Gasteiger partial charge in [0.1, 0.15) is 5.82 Å². The molecule has 0 radical (unpaired) electrons. The van der Waals surface area contributed by atoms with Crippen molar-refractivity contribution in [3.63, 3.8) is 0 Å². The van der Waals surface area contributed by atoms with Crippen LogP contribution in [0.3, 0.4) is 0 Å². The monoisotopic (exact) mass is 433 g/mol. The molecule has 0 bridgehead atoms. The quantitative estimate of drug-likeness (QED) is 0.507. The Balaban J connectivity index is 1.38. The van der Waals surface area contributed by atoms with Crippen molar-refractivity contribution in [3.05, 3.63) is 77.0 Å². The number of nitrogens with one attached hydrogen (secondary N) is 2. The van der Waals surface area contributed by atoms with Gasteiger partial charge in [-0.1, -0.05) is 29.8 Å². The summed E-state index contributed by atoms with van der Waals surface area (Å²) in [6.45, 7) is 3.98. The van der Waals surface area contributed by atoms with Gasteiger partial charge in [-0.25, -0.2) is 4.98 Å². The largest absolute Gasteiger partial charge is 0.341 e. The Hall–Kier alpha value is -3.38. The van der Waals surface area contributed by atoms with Crippen LogP contribution in [0.4, 0.5) is 23.1 Å². The molecule has 7 heteroatoms. The zero-order valence-corrected chi connectivity index (χ0v) is 18.1. The number of benzene rings is 2. The van der Waals surface area contributed by atoms with Crippen LogP contribution in [-0.2, 0) is 4.79 Å². The number of aryl methyl sites for hydroxylation is 1. The van der Waals surface area contributed by atoms with Crippen LogP contribution < -0.4 is 15.5 Å². The number of halogens is 1. The number of aromatic nitrogens is 2. The number of carbonyl (C=O) groups is 1. The first kappa shape index (κ1) is 20.9. The topological polar surface area (TPSA) is 70.2 Å². The Labute approximate surface area is 187 Å². The molecule has 1 aromatic heterocycles. The minimum Gasteiger partial charge on any atom is -0.341 e. The number of carbonyl (C=O) groups excluding carboxylic acids is 1. The lowest BCUT2D eigenvalue weighted by molar-refractivity contribution is -0.111. The lowest BCUT2D eigenvalue weighted by atomic mass is 10.2. The molecule has 0 aliphatic carbocycles. The summed E-state index contributed by atoms with van der Waals surface area (Å²) in [5.74, 6) is 1.31. The zero-order valence-electron chi connectivity index (χ0n) is 17.3. The Morgan fingerprint density at radius 3 is 2.48 bits per heavy atom. The molecule has 0 spiro atoms. The minimum absolute atomic E-state index is 0.220. The van der Waals surface area contributed by atoms with Crippen LogP contribution >= 0.6 is 11.6 Å². The summed E-state index contributed by atoms with van der Waals surface area (Å²) in [6.07, 6.45) is 5.53. The zero-order chi connectivity index (χ0) is 21.6. The van der Waals surface area contributed by atoms with Crippen LogP contribution in [0.1, 0.15) is 24.1 Å². The summed E-state index contributed by atoms with van der Waals surface area (Å²) in [6, 6.07) is 16.8. The second-order valence-electron chi connectivity index (χ2n) is 7.44. The average Bonchev–Trinajstić information content (AvgIpc) is 3.29. The third kappa shape index (κ3) is 5.61. The van der Waals surface area contributed by atoms with Crippen LogP contribution in [-0.4, -0.2) is 29.0 Å². The van der Waals surface area contributed by atoms with Crippen molar-refractivity contribution in [2.24, 2.45) is 0 Å². The molecule has 6 nitrogen and oxygen atoms in total. The summed E-state index contributed by atoms with van der Waals surface area (Å²) in [7, 11) is 0. The minimum atomic E-state index is -0.220. The first-order valence-corrected chi connectivity index (χ1v) is 10.7. The van der Waals surface area contributed by atoms with Crippen LogP contribution in [0.25, 0.3) is 6.08 Å². The van der Waals surface area contributed by atoms with E-state index < -0.39 is 0 Å². The van der Waals surface area contributed by atoms with Gasteiger partial charge in [0.05, 0.1) is 0 Å². The number of hydrogen-bond acceptors (Lipinski definition) is 5. The van der Waals surface area contributed by atoms with Gasteiger partial charge in [-0.15, -0.1) is 0 Å². The molecule has 2 heterocycles. The van der Waals surface area contributed by atoms with E-state index in [0.717, 1.165) is 41.8 Å². The molecular formula is C24H24ClN5O. The molecule has 1 saturated heterocycles. The smallest absolute Gasteiger partial charge is 0.248 e. The molecule has 2 aromatic carbocycles. The van der Waals surface area contributed by atoms with Crippen LogP contribution in [0.5, 0.6) is 0 Å². The lowest BCUT2D eigenvalue weighted by Crippen LogP contribution is -2.21. The molecule has 1 aliphatic rings. The van der Waals surface area contributed by atoms with Crippen molar-refractivity contribution >= 4 is 46.7 Å². The number of rotatable bonds is 6. The molecule has 1 amide bonds. The summed E-state index contributed by atoms with van der Waals surface area (Å²) < 4.78 is 0. The Morgan fingerprint density at radius 1 is 1.03 bits per heavy atom. The van der Waals surface area contributed by atoms with E-state index in [2.05, 4.69) is 25.5 Å². The van der Waals surface area contributed by atoms with E-state index in [0.29, 0.717) is 10.7 Å². The van der Waals surface area contributed by atoms with Crippen LogP contribution in [0, 0.1) is 6.92 Å². The van der Waals surface area contributed by atoms with Gasteiger partial charge in [0.25, 0.3) is 0 Å². The maximum absolute atomic E-state index is 12.2. The second-order valence-corrected chi connectivity index (χ2v) is 7.84. The fourth-order valence-corrected chi connectivity index (χ4v) is 3.62. The number of nitrogens with zero attached hydrogens (tertiary/aromatic N) is 3. The van der Waals surface area contributed by atoms with E-state index in [1.54, 1.807) is 12.1 Å². The van der Waals surface area contributed by atoms with E-state index in [1.807, 2.05) is 55.5 Å². The van der Waals surface area contributed by atoms with Gasteiger partial charge in [-0.05, 0) is 61.7 Å². The predicted molar refractivity (Wildman–Crippen MR) is 127 cm³/mol. The Morgan fingerprint density at radius 2 is 1.74 bits per heavy atom. The van der Waals surface area contributed by atoms with Gasteiger partial charge in [0.2, 0.25) is 11.9 Å². The van der Waals surface area contributed by atoms with Crippen molar-refractivity contribution in [3.8, 4) is 0 Å². The second kappa shape index (κ2) is 9.62. The van der Waals surface area contributed by atoms with Crippen LogP contribution in [0.2, 0.25) is 5.02 Å². The van der Waals surface area contributed by atoms with E-state index in [9.17, 15) is 4.79 Å². The van der Waals surface area contributed by atoms with Gasteiger partial charge >= 0.3 is 0 Å². The van der Waals surface area contributed by atoms with E-state index in [1.165, 1.54) is 18.9 Å². The van der Waals surface area contributed by atoms with Crippen molar-refractivity contribution in [2.45, 2.75) is 19.8 Å². The van der Waals surface area contributed by atoms with Gasteiger partial charge in [0, 0.05) is 47.3 Å². The third-order valence-electron chi connectivity index (χ3n) is 4.98. The molecule has 3 aromatic rings. The summed E-state index contributed by atoms with van der Waals surface area (Å²) in [4.78, 5) is 23.6. The molecule has 2 N–H and O–H groups in total. The summed E-state index contributed by atoms with van der Waals surface area (Å²) in [5.41, 5.74) is 3.31. The summed E-state index contributed by atoms with van der Waals surface area (Å²) >= 11 is 6.11. The summed E-state index contributed by atoms with van der Waals surface area (Å²) in [5, 5.41) is 6.78. The molecule has 1 aliphatic heterocycles. The van der Waals surface area contributed by atoms with E-state index >= 15 is 0 Å². The fraction of sp³-hybridized carbons (Fsp3) is 0.208. The first-order valence-electron chi connectivity index (χ1n) is 10.3. The molecule has 1 fully saturated rings. The fourth-order valence-electron chi connectivity index (χ4n) is 3.42. The maximum atomic E-state index is 12.2. The predicted octanol–water partition coefficient (Wildman–Crippen LogP) is 5.43. The SMILES string of the molecule is Cc1cc(Nc2ccc(NC(=O)/C=C/c3ccccc3Cl)cc2)nc(N2CCCC2)n1. The van der Waals surface area contributed by atoms with Crippen LogP contribution in [0.15, 0.2) is 60.7 Å². The number of anilines is 4. The first-order chi connectivity index (χ1) is 15.1. The highest BCUT2D eigenvalue weighted by atomic mass is 35.5.